The molecule has 0 saturated heterocycles. The number of nitrogens with one attached hydrogen (secondary N) is 1. The summed E-state index contributed by atoms with van der Waals surface area (Å²) in [5.74, 6) is -2.49. The maximum absolute atomic E-state index is 13.4. The van der Waals surface area contributed by atoms with Gasteiger partial charge in [-0.15, -0.1) is 0 Å². The lowest BCUT2D eigenvalue weighted by atomic mass is 9.43. The van der Waals surface area contributed by atoms with Crippen molar-refractivity contribution < 1.29 is 54.9 Å². The summed E-state index contributed by atoms with van der Waals surface area (Å²) in [7, 11) is 0. The predicted molar refractivity (Wildman–Crippen MR) is 185 cm³/mol. The fourth-order valence-electron chi connectivity index (χ4n) is 10.9. The van der Waals surface area contributed by atoms with Gasteiger partial charge in [0.15, 0.2) is 0 Å². The van der Waals surface area contributed by atoms with Crippen molar-refractivity contribution in [2.24, 2.45) is 46.3 Å². The summed E-state index contributed by atoms with van der Waals surface area (Å²) in [6.07, 6.45) is 4.99. The lowest BCUT2D eigenvalue weighted by Gasteiger charge is -2.63. The number of fused-ring (bicyclic) bond motifs is 5. The van der Waals surface area contributed by atoms with Crippen LogP contribution in [0.4, 0.5) is 0 Å². The molecule has 11 atom stereocenters. The van der Waals surface area contributed by atoms with Crippen LogP contribution in [0.3, 0.4) is 0 Å². The summed E-state index contributed by atoms with van der Waals surface area (Å²) in [5.41, 5.74) is -0.480. The maximum atomic E-state index is 13.4. The molecule has 0 aliphatic heterocycles. The van der Waals surface area contributed by atoms with Crippen molar-refractivity contribution in [2.75, 3.05) is 59.3 Å². The molecule has 4 aliphatic rings. The Morgan fingerprint density at radius 3 is 1.96 bits per heavy atom. The highest BCUT2D eigenvalue weighted by Gasteiger charge is 2.65. The molecule has 8 unspecified atom stereocenters. The minimum Gasteiger partial charge on any atom is -0.481 e. The van der Waals surface area contributed by atoms with Crippen molar-refractivity contribution >= 4 is 23.8 Å². The molecule has 15 heteroatoms. The topological polar surface area (TPSA) is 232 Å². The van der Waals surface area contributed by atoms with Gasteiger partial charge in [-0.05, 0) is 97.7 Å². The van der Waals surface area contributed by atoms with Crippen LogP contribution in [0.5, 0.6) is 0 Å². The Labute approximate surface area is 301 Å². The third-order valence-electron chi connectivity index (χ3n) is 13.7. The quantitative estimate of drug-likeness (QED) is 0.0850. The molecule has 4 fully saturated rings. The van der Waals surface area contributed by atoms with Crippen LogP contribution in [0.15, 0.2) is 0 Å². The summed E-state index contributed by atoms with van der Waals surface area (Å²) in [4.78, 5) is 51.7. The van der Waals surface area contributed by atoms with Gasteiger partial charge in [0.2, 0.25) is 5.91 Å². The summed E-state index contributed by atoms with van der Waals surface area (Å²) >= 11 is 0. The summed E-state index contributed by atoms with van der Waals surface area (Å²) in [6.45, 7) is 5.61. The average Bonchev–Trinajstić information content (AvgIpc) is 3.41. The Bertz CT molecular complexity index is 1210. The number of amides is 1. The second-order valence-corrected chi connectivity index (χ2v) is 16.5. The normalized spacial score (nSPS) is 35.3. The Kier molecular flexibility index (Phi) is 14.3. The van der Waals surface area contributed by atoms with E-state index >= 15 is 0 Å². The van der Waals surface area contributed by atoms with E-state index < -0.39 is 43.2 Å². The van der Waals surface area contributed by atoms with E-state index in [1.54, 1.807) is 4.90 Å². The van der Waals surface area contributed by atoms with Gasteiger partial charge in [-0.1, -0.05) is 20.8 Å². The van der Waals surface area contributed by atoms with Crippen molar-refractivity contribution in [3.8, 4) is 0 Å². The van der Waals surface area contributed by atoms with Gasteiger partial charge < -0.3 is 41.1 Å². The SMILES string of the molecule is CC(CCC(=O)O)[C@H]1CCC2C3C(O)CC4CC(NC(=O)CN(CCN(CO)CO)CCN(CC(=O)O)CC(=O)O)CC[C@]4(C)C3CC(O)[C@@]21C. The highest BCUT2D eigenvalue weighted by Crippen LogP contribution is 2.68. The fourth-order valence-corrected chi connectivity index (χ4v) is 10.9. The zero-order valence-electron chi connectivity index (χ0n) is 30.5. The number of nitrogens with zero attached hydrogens (tertiary/aromatic N) is 3. The zero-order chi connectivity index (χ0) is 37.7. The lowest BCUT2D eigenvalue weighted by Crippen LogP contribution is -2.63. The van der Waals surface area contributed by atoms with E-state index in [4.69, 9.17) is 0 Å². The van der Waals surface area contributed by atoms with Gasteiger partial charge in [-0.2, -0.15) is 0 Å². The first-order valence-corrected chi connectivity index (χ1v) is 18.7. The molecular formula is C36H62N4O11. The van der Waals surface area contributed by atoms with E-state index in [9.17, 15) is 54.9 Å². The molecule has 0 radical (unpaired) electrons. The number of carbonyl (C=O) groups excluding carboxylic acids is 1. The van der Waals surface area contributed by atoms with Crippen LogP contribution in [0, 0.1) is 46.3 Å². The third-order valence-corrected chi connectivity index (χ3v) is 13.7. The van der Waals surface area contributed by atoms with Gasteiger partial charge in [0.1, 0.15) is 0 Å². The molecule has 51 heavy (non-hydrogen) atoms. The van der Waals surface area contributed by atoms with E-state index in [0.717, 1.165) is 25.7 Å². The van der Waals surface area contributed by atoms with Crippen LogP contribution in [-0.4, -0.2) is 152 Å². The van der Waals surface area contributed by atoms with E-state index in [2.05, 4.69) is 26.1 Å². The van der Waals surface area contributed by atoms with E-state index in [1.165, 1.54) is 9.80 Å². The van der Waals surface area contributed by atoms with E-state index in [0.29, 0.717) is 25.7 Å². The zero-order valence-corrected chi connectivity index (χ0v) is 30.5. The van der Waals surface area contributed by atoms with Gasteiger partial charge in [0.25, 0.3) is 0 Å². The number of rotatable bonds is 19. The number of carboxylic acid groups (broad SMARTS) is 3. The van der Waals surface area contributed by atoms with Crippen molar-refractivity contribution in [3.63, 3.8) is 0 Å². The minimum atomic E-state index is -1.16. The van der Waals surface area contributed by atoms with Gasteiger partial charge in [0, 0.05) is 38.6 Å². The second-order valence-electron chi connectivity index (χ2n) is 16.5. The molecule has 4 rings (SSSR count). The molecule has 292 valence electrons. The summed E-state index contributed by atoms with van der Waals surface area (Å²) < 4.78 is 0. The number of carbonyl (C=O) groups is 4. The van der Waals surface area contributed by atoms with Crippen LogP contribution < -0.4 is 5.32 Å². The average molecular weight is 727 g/mol. The second kappa shape index (κ2) is 17.6. The van der Waals surface area contributed by atoms with Crippen molar-refractivity contribution in [1.29, 1.82) is 0 Å². The Morgan fingerprint density at radius 1 is 0.765 bits per heavy atom. The van der Waals surface area contributed by atoms with Gasteiger partial charge >= 0.3 is 17.9 Å². The number of aliphatic hydroxyl groups excluding tert-OH is 4. The van der Waals surface area contributed by atoms with E-state index in [1.807, 2.05) is 0 Å². The molecule has 4 saturated carbocycles. The van der Waals surface area contributed by atoms with Crippen LogP contribution in [-0.2, 0) is 19.2 Å². The van der Waals surface area contributed by atoms with Crippen LogP contribution in [0.2, 0.25) is 0 Å². The largest absolute Gasteiger partial charge is 0.481 e. The number of hydrogen-bond acceptors (Lipinski definition) is 11. The standard InChI is InChI=1S/C36H62N4O11/c1-22(4-7-31(46)47)25-5-6-26-34-27(16-29(44)36(25,26)3)35(2)9-8-24(14-23(35)15-28(34)43)37-30(45)17-38(11-13-40(20-41)21-42)10-12-39(18-32(48)49)19-33(50)51/h22-29,34,41-44H,4-21H2,1-3H3,(H,37,45)(H,46,47)(H,48,49)(H,50,51)/t22?,23?,24?,25-,26?,27?,28?,29?,34?,35+,36-/m1/s1. The lowest BCUT2D eigenvalue weighted by molar-refractivity contribution is -0.202. The number of hydrogen-bond donors (Lipinski definition) is 8. The number of aliphatic hydroxyl groups is 4. The van der Waals surface area contributed by atoms with Crippen molar-refractivity contribution in [1.82, 2.24) is 20.0 Å². The first kappa shape index (κ1) is 41.4. The molecule has 15 nitrogen and oxygen atoms in total. The smallest absolute Gasteiger partial charge is 0.317 e. The maximum Gasteiger partial charge on any atom is 0.317 e. The van der Waals surface area contributed by atoms with Gasteiger partial charge in [-0.25, -0.2) is 0 Å². The van der Waals surface area contributed by atoms with Crippen LogP contribution in [0.25, 0.3) is 0 Å². The minimum absolute atomic E-state index is 0.0387. The highest BCUT2D eigenvalue weighted by atomic mass is 16.4. The number of aliphatic carboxylic acids is 3. The Morgan fingerprint density at radius 2 is 1.37 bits per heavy atom. The molecule has 4 aliphatic carbocycles. The Hall–Kier alpha value is -2.40. The van der Waals surface area contributed by atoms with E-state index in [-0.39, 0.29) is 111 Å². The predicted octanol–water partition coefficient (Wildman–Crippen LogP) is 0.547. The number of carboxylic acids is 3. The molecule has 0 aromatic heterocycles. The molecule has 0 spiro atoms. The van der Waals surface area contributed by atoms with Gasteiger partial charge in [-0.3, -0.25) is 33.9 Å². The first-order chi connectivity index (χ1) is 24.0. The first-order valence-electron chi connectivity index (χ1n) is 18.7. The molecule has 0 bridgehead atoms. The summed E-state index contributed by atoms with van der Waals surface area (Å²) in [5, 5.41) is 73.5. The monoisotopic (exact) mass is 726 g/mol. The Balaban J connectivity index is 1.40. The molecule has 0 aromatic carbocycles. The molecule has 0 aromatic rings. The van der Waals surface area contributed by atoms with Crippen molar-refractivity contribution in [2.45, 2.75) is 96.8 Å². The van der Waals surface area contributed by atoms with Crippen molar-refractivity contribution in [3.05, 3.63) is 0 Å². The molecule has 8 N–H and O–H groups in total. The van der Waals surface area contributed by atoms with Gasteiger partial charge in [0.05, 0.1) is 45.3 Å². The third kappa shape index (κ3) is 9.59. The van der Waals surface area contributed by atoms with Crippen LogP contribution >= 0.6 is 0 Å². The molecule has 0 heterocycles. The highest BCUT2D eigenvalue weighted by molar-refractivity contribution is 5.78. The summed E-state index contributed by atoms with van der Waals surface area (Å²) in [6, 6.07) is -0.118. The fraction of sp³-hybridized carbons (Fsp3) is 0.889. The molecule has 1 amide bonds. The molecular weight excluding hydrogens is 664 g/mol. The van der Waals surface area contributed by atoms with Crippen LogP contribution in [0.1, 0.15) is 78.6 Å².